The summed E-state index contributed by atoms with van der Waals surface area (Å²) in [4.78, 5) is 23.2. The molecule has 24 heavy (non-hydrogen) atoms. The molecular weight excluding hydrogens is 306 g/mol. The normalized spacial score (nSPS) is 26.3. The fraction of sp³-hybridized carbons (Fsp3) is 0.706. The van der Waals surface area contributed by atoms with Crippen molar-refractivity contribution in [1.29, 1.82) is 0 Å². The molecule has 1 fully saturated rings. The van der Waals surface area contributed by atoms with Crippen molar-refractivity contribution in [3.63, 3.8) is 0 Å². The van der Waals surface area contributed by atoms with Gasteiger partial charge in [0, 0.05) is 43.5 Å². The van der Waals surface area contributed by atoms with Crippen molar-refractivity contribution in [2.24, 2.45) is 11.7 Å². The second-order valence-electron chi connectivity index (χ2n) is 6.67. The number of fused-ring (bicyclic) bond motifs is 1. The van der Waals surface area contributed by atoms with E-state index < -0.39 is 0 Å². The maximum atomic E-state index is 12.6. The van der Waals surface area contributed by atoms with Gasteiger partial charge in [0.25, 0.3) is 0 Å². The average molecular weight is 333 g/mol. The van der Waals surface area contributed by atoms with Crippen LogP contribution in [0, 0.1) is 12.8 Å². The van der Waals surface area contributed by atoms with Crippen LogP contribution in [0.1, 0.15) is 30.4 Å². The quantitative estimate of drug-likeness (QED) is 0.844. The van der Waals surface area contributed by atoms with Gasteiger partial charge in [-0.3, -0.25) is 0 Å². The molecule has 1 aromatic rings. The van der Waals surface area contributed by atoms with Gasteiger partial charge in [-0.25, -0.2) is 14.8 Å². The predicted octanol–water partition coefficient (Wildman–Crippen LogP) is 0.648. The van der Waals surface area contributed by atoms with Crippen molar-refractivity contribution in [3.05, 3.63) is 23.3 Å². The highest BCUT2D eigenvalue weighted by molar-refractivity contribution is 5.75. The van der Waals surface area contributed by atoms with Crippen LogP contribution in [0.25, 0.3) is 0 Å². The molecule has 132 valence electrons. The number of ether oxygens (including phenoxy) is 1. The first kappa shape index (κ1) is 17.1. The third-order valence-corrected chi connectivity index (χ3v) is 4.95. The second kappa shape index (κ2) is 7.44. The maximum absolute atomic E-state index is 12.6. The Balaban J connectivity index is 1.57. The number of carbonyl (C=O) groups is 1. The fourth-order valence-corrected chi connectivity index (χ4v) is 3.63. The topological polar surface area (TPSA) is 93.4 Å². The number of nitrogens with two attached hydrogens (primary N) is 1. The van der Waals surface area contributed by atoms with Crippen molar-refractivity contribution in [3.8, 4) is 0 Å². The smallest absolute Gasteiger partial charge is 0.317 e. The van der Waals surface area contributed by atoms with Crippen molar-refractivity contribution in [1.82, 2.24) is 20.2 Å². The monoisotopic (exact) mass is 333 g/mol. The minimum Gasteiger partial charge on any atom is -0.376 e. The van der Waals surface area contributed by atoms with Gasteiger partial charge in [0.05, 0.1) is 6.10 Å². The molecule has 1 saturated heterocycles. The van der Waals surface area contributed by atoms with Gasteiger partial charge in [0.15, 0.2) is 0 Å². The van der Waals surface area contributed by atoms with Crippen LogP contribution in [0.5, 0.6) is 0 Å². The largest absolute Gasteiger partial charge is 0.376 e. The van der Waals surface area contributed by atoms with E-state index in [9.17, 15) is 4.79 Å². The predicted molar refractivity (Wildman–Crippen MR) is 90.6 cm³/mol. The number of aromatic nitrogens is 2. The lowest BCUT2D eigenvalue weighted by atomic mass is 9.93. The zero-order chi connectivity index (χ0) is 17.1. The number of amides is 2. The molecule has 2 amide bonds. The number of nitrogens with zero attached hydrogens (tertiary/aromatic N) is 3. The summed E-state index contributed by atoms with van der Waals surface area (Å²) >= 11 is 0. The zero-order valence-corrected chi connectivity index (χ0v) is 14.5. The minimum atomic E-state index is -0.0165. The SMILES string of the molecule is CCO[C@@H]1CN(C(=O)NC2CCc3nc(C)ncc3C2)C[C@H]1CN. The van der Waals surface area contributed by atoms with Gasteiger partial charge in [0.1, 0.15) is 5.82 Å². The number of aryl methyl sites for hydroxylation is 2. The van der Waals surface area contributed by atoms with Crippen LogP contribution in [0.15, 0.2) is 6.20 Å². The third kappa shape index (κ3) is 3.67. The van der Waals surface area contributed by atoms with Gasteiger partial charge in [-0.15, -0.1) is 0 Å². The van der Waals surface area contributed by atoms with Gasteiger partial charge < -0.3 is 20.7 Å². The molecule has 0 radical (unpaired) electrons. The Labute approximate surface area is 143 Å². The van der Waals surface area contributed by atoms with Gasteiger partial charge >= 0.3 is 6.03 Å². The Hall–Kier alpha value is -1.73. The number of hydrogen-bond donors (Lipinski definition) is 2. The molecule has 3 atom stereocenters. The van der Waals surface area contributed by atoms with Gasteiger partial charge in [-0.05, 0) is 45.2 Å². The molecule has 1 unspecified atom stereocenters. The zero-order valence-electron chi connectivity index (χ0n) is 14.5. The number of urea groups is 1. The van der Waals surface area contributed by atoms with Gasteiger partial charge in [-0.2, -0.15) is 0 Å². The summed E-state index contributed by atoms with van der Waals surface area (Å²) in [7, 11) is 0. The van der Waals surface area contributed by atoms with Crippen molar-refractivity contribution in [2.75, 3.05) is 26.2 Å². The van der Waals surface area contributed by atoms with E-state index in [1.54, 1.807) is 0 Å². The summed E-state index contributed by atoms with van der Waals surface area (Å²) in [5.41, 5.74) is 8.08. The van der Waals surface area contributed by atoms with E-state index in [4.69, 9.17) is 10.5 Å². The Kier molecular flexibility index (Phi) is 5.30. The molecule has 7 nitrogen and oxygen atoms in total. The molecular formula is C17H27N5O2. The van der Waals surface area contributed by atoms with Crippen LogP contribution in [-0.2, 0) is 17.6 Å². The number of likely N-dealkylation sites (tertiary alicyclic amines) is 1. The lowest BCUT2D eigenvalue weighted by Crippen LogP contribution is -2.46. The molecule has 1 aromatic heterocycles. The first-order valence-electron chi connectivity index (χ1n) is 8.79. The summed E-state index contributed by atoms with van der Waals surface area (Å²) in [5.74, 6) is 1.03. The first-order valence-corrected chi connectivity index (χ1v) is 8.79. The first-order chi connectivity index (χ1) is 11.6. The lowest BCUT2D eigenvalue weighted by Gasteiger charge is -2.27. The molecule has 0 spiro atoms. The fourth-order valence-electron chi connectivity index (χ4n) is 3.63. The number of nitrogens with one attached hydrogen (secondary N) is 1. The Morgan fingerprint density at radius 2 is 2.33 bits per heavy atom. The Bertz CT molecular complexity index is 594. The molecule has 0 bridgehead atoms. The maximum Gasteiger partial charge on any atom is 0.317 e. The molecule has 2 heterocycles. The standard InChI is InChI=1S/C17H27N5O2/c1-3-24-16-10-22(9-13(16)7-18)17(23)21-14-4-5-15-12(6-14)8-19-11(2)20-15/h8,13-14,16H,3-7,9-10,18H2,1-2H3,(H,21,23)/t13-,14?,16-/m1/s1. The molecule has 1 aliphatic heterocycles. The number of rotatable bonds is 4. The van der Waals surface area contributed by atoms with E-state index in [2.05, 4.69) is 15.3 Å². The molecule has 2 aliphatic rings. The van der Waals surface area contributed by atoms with Crippen LogP contribution in [0.3, 0.4) is 0 Å². The van der Waals surface area contributed by atoms with E-state index in [0.717, 1.165) is 36.3 Å². The highest BCUT2D eigenvalue weighted by Gasteiger charge is 2.35. The Morgan fingerprint density at radius 3 is 3.08 bits per heavy atom. The highest BCUT2D eigenvalue weighted by Crippen LogP contribution is 2.22. The van der Waals surface area contributed by atoms with Crippen LogP contribution in [0.2, 0.25) is 0 Å². The average Bonchev–Trinajstić information content (AvgIpc) is 2.98. The van der Waals surface area contributed by atoms with Gasteiger partial charge in [-0.1, -0.05) is 0 Å². The molecule has 1 aliphatic carbocycles. The summed E-state index contributed by atoms with van der Waals surface area (Å²) in [6.07, 6.45) is 4.54. The summed E-state index contributed by atoms with van der Waals surface area (Å²) < 4.78 is 5.72. The Morgan fingerprint density at radius 1 is 1.50 bits per heavy atom. The van der Waals surface area contributed by atoms with Crippen LogP contribution in [-0.4, -0.2) is 59.3 Å². The van der Waals surface area contributed by atoms with Crippen molar-refractivity contribution in [2.45, 2.75) is 45.3 Å². The second-order valence-corrected chi connectivity index (χ2v) is 6.67. The number of carbonyl (C=O) groups excluding carboxylic acids is 1. The summed E-state index contributed by atoms with van der Waals surface area (Å²) in [6.45, 7) is 6.35. The van der Waals surface area contributed by atoms with E-state index in [0.29, 0.717) is 26.2 Å². The minimum absolute atomic E-state index is 0.0165. The van der Waals surface area contributed by atoms with Crippen LogP contribution < -0.4 is 11.1 Å². The van der Waals surface area contributed by atoms with E-state index in [-0.39, 0.29) is 24.1 Å². The van der Waals surface area contributed by atoms with Crippen molar-refractivity contribution < 1.29 is 9.53 Å². The third-order valence-electron chi connectivity index (χ3n) is 4.95. The van der Waals surface area contributed by atoms with E-state index >= 15 is 0 Å². The van der Waals surface area contributed by atoms with Crippen LogP contribution >= 0.6 is 0 Å². The molecule has 7 heteroatoms. The summed E-state index contributed by atoms with van der Waals surface area (Å²) in [6, 6.07) is 0.121. The van der Waals surface area contributed by atoms with E-state index in [1.165, 1.54) is 0 Å². The number of hydrogen-bond acceptors (Lipinski definition) is 5. The molecule has 0 aromatic carbocycles. The molecule has 0 saturated carbocycles. The van der Waals surface area contributed by atoms with Crippen LogP contribution in [0.4, 0.5) is 4.79 Å². The van der Waals surface area contributed by atoms with Gasteiger partial charge in [0.2, 0.25) is 0 Å². The highest BCUT2D eigenvalue weighted by atomic mass is 16.5. The molecule has 3 N–H and O–H groups in total. The lowest BCUT2D eigenvalue weighted by molar-refractivity contribution is 0.0460. The summed E-state index contributed by atoms with van der Waals surface area (Å²) in [5, 5.41) is 3.16. The van der Waals surface area contributed by atoms with E-state index in [1.807, 2.05) is 24.9 Å². The van der Waals surface area contributed by atoms with Crippen molar-refractivity contribution >= 4 is 6.03 Å². The molecule has 3 rings (SSSR count).